The van der Waals surface area contributed by atoms with Gasteiger partial charge in [-0.05, 0) is 29.8 Å². The summed E-state index contributed by atoms with van der Waals surface area (Å²) in [4.78, 5) is 14.1. The van der Waals surface area contributed by atoms with E-state index >= 15 is 0 Å². The number of amides is 2. The second-order valence-electron chi connectivity index (χ2n) is 5.12. The van der Waals surface area contributed by atoms with Gasteiger partial charge >= 0.3 is 6.03 Å². The molecule has 0 bridgehead atoms. The monoisotopic (exact) mass is 299 g/mol. The van der Waals surface area contributed by atoms with Crippen LogP contribution in [0.4, 0.5) is 21.9 Å². The van der Waals surface area contributed by atoms with Gasteiger partial charge in [-0.15, -0.1) is 0 Å². The minimum Gasteiger partial charge on any atom is -0.380 e. The van der Waals surface area contributed by atoms with Crippen LogP contribution in [0.5, 0.6) is 0 Å². The van der Waals surface area contributed by atoms with Gasteiger partial charge in [0.15, 0.2) is 0 Å². The molecular weight excluding hydrogens is 278 g/mol. The van der Waals surface area contributed by atoms with E-state index in [-0.39, 0.29) is 6.03 Å². The van der Waals surface area contributed by atoms with E-state index in [0.29, 0.717) is 6.61 Å². The summed E-state index contributed by atoms with van der Waals surface area (Å²) in [5.41, 5.74) is 3.45. The highest BCUT2D eigenvalue weighted by molar-refractivity contribution is 6.01. The third-order valence-electron chi connectivity index (χ3n) is 3.13. The number of nitrogens with one attached hydrogen (secondary N) is 2. The molecule has 2 aromatic rings. The number of urea groups is 1. The number of hydrogen-bond donors (Lipinski definition) is 2. The lowest BCUT2D eigenvalue weighted by Crippen LogP contribution is -2.21. The van der Waals surface area contributed by atoms with E-state index in [1.54, 1.807) is 7.11 Å². The van der Waals surface area contributed by atoms with Gasteiger partial charge in [-0.2, -0.15) is 0 Å². The van der Waals surface area contributed by atoms with Gasteiger partial charge in [-0.3, -0.25) is 0 Å². The maximum atomic E-state index is 12.2. The van der Waals surface area contributed by atoms with Crippen LogP contribution in [-0.2, 0) is 11.3 Å². The Hall–Kier alpha value is -2.53. The lowest BCUT2D eigenvalue weighted by Gasteiger charge is -2.18. The third-order valence-corrected chi connectivity index (χ3v) is 3.13. The van der Waals surface area contributed by atoms with E-state index in [4.69, 9.17) is 4.74 Å². The Morgan fingerprint density at radius 2 is 1.86 bits per heavy atom. The maximum Gasteiger partial charge on any atom is 0.323 e. The number of anilines is 3. The molecular formula is C17H21N3O2. The summed E-state index contributed by atoms with van der Waals surface area (Å²) in [5, 5.41) is 5.70. The number of carbonyl (C=O) groups excluding carboxylic acids is 1. The molecule has 0 saturated carbocycles. The van der Waals surface area contributed by atoms with Gasteiger partial charge in [0.25, 0.3) is 0 Å². The van der Waals surface area contributed by atoms with Crippen molar-refractivity contribution in [2.75, 3.05) is 36.7 Å². The number of nitrogens with zero attached hydrogens (tertiary/aromatic N) is 1. The minimum absolute atomic E-state index is 0.274. The molecule has 0 atom stereocenters. The first kappa shape index (κ1) is 15.9. The largest absolute Gasteiger partial charge is 0.380 e. The standard InChI is InChI=1S/C17H21N3O2/c1-20(2)16-10-5-4-9-15(16)19-17(21)18-14-8-6-7-13(11-14)12-22-3/h4-11H,12H2,1-3H3,(H2,18,19,21). The van der Waals surface area contributed by atoms with Crippen LogP contribution in [0.3, 0.4) is 0 Å². The Morgan fingerprint density at radius 1 is 1.09 bits per heavy atom. The van der Waals surface area contributed by atoms with Gasteiger partial charge in [0.05, 0.1) is 18.0 Å². The van der Waals surface area contributed by atoms with Crippen molar-refractivity contribution in [2.45, 2.75) is 6.61 Å². The summed E-state index contributed by atoms with van der Waals surface area (Å²) in [5.74, 6) is 0. The molecule has 0 aliphatic carbocycles. The molecule has 0 saturated heterocycles. The van der Waals surface area contributed by atoms with Crippen molar-refractivity contribution in [3.8, 4) is 0 Å². The zero-order valence-electron chi connectivity index (χ0n) is 13.1. The summed E-state index contributed by atoms with van der Waals surface area (Å²) in [7, 11) is 5.52. The molecule has 2 aromatic carbocycles. The van der Waals surface area contributed by atoms with E-state index in [2.05, 4.69) is 10.6 Å². The molecule has 116 valence electrons. The molecule has 0 fully saturated rings. The maximum absolute atomic E-state index is 12.2. The summed E-state index contributed by atoms with van der Waals surface area (Å²) in [6.45, 7) is 0.514. The number of ether oxygens (including phenoxy) is 1. The fraction of sp³-hybridized carbons (Fsp3) is 0.235. The van der Waals surface area contributed by atoms with Crippen LogP contribution in [0.15, 0.2) is 48.5 Å². The van der Waals surface area contributed by atoms with E-state index in [9.17, 15) is 4.79 Å². The van der Waals surface area contributed by atoms with E-state index in [1.807, 2.05) is 67.5 Å². The van der Waals surface area contributed by atoms with E-state index in [1.165, 1.54) is 0 Å². The van der Waals surface area contributed by atoms with Gasteiger partial charge in [0.1, 0.15) is 0 Å². The molecule has 22 heavy (non-hydrogen) atoms. The van der Waals surface area contributed by atoms with Gasteiger partial charge in [-0.1, -0.05) is 24.3 Å². The molecule has 5 nitrogen and oxygen atoms in total. The smallest absolute Gasteiger partial charge is 0.323 e. The highest BCUT2D eigenvalue weighted by atomic mass is 16.5. The molecule has 0 aliphatic heterocycles. The predicted molar refractivity (Wildman–Crippen MR) is 90.6 cm³/mol. The van der Waals surface area contributed by atoms with Gasteiger partial charge in [0, 0.05) is 26.9 Å². The Balaban J connectivity index is 2.06. The first-order valence-corrected chi connectivity index (χ1v) is 7.02. The lowest BCUT2D eigenvalue weighted by molar-refractivity contribution is 0.185. The molecule has 0 aliphatic rings. The van der Waals surface area contributed by atoms with Crippen LogP contribution in [0.1, 0.15) is 5.56 Å². The van der Waals surface area contributed by atoms with Crippen LogP contribution < -0.4 is 15.5 Å². The molecule has 0 aromatic heterocycles. The Morgan fingerprint density at radius 3 is 2.59 bits per heavy atom. The summed E-state index contributed by atoms with van der Waals surface area (Å²) in [6, 6.07) is 15.0. The van der Waals surface area contributed by atoms with Crippen molar-refractivity contribution in [3.05, 3.63) is 54.1 Å². The molecule has 5 heteroatoms. The average molecular weight is 299 g/mol. The Kier molecular flexibility index (Phi) is 5.38. The first-order chi connectivity index (χ1) is 10.6. The van der Waals surface area contributed by atoms with Crippen LogP contribution in [0.2, 0.25) is 0 Å². The van der Waals surface area contributed by atoms with Gasteiger partial charge < -0.3 is 20.3 Å². The molecule has 0 spiro atoms. The lowest BCUT2D eigenvalue weighted by atomic mass is 10.2. The summed E-state index contributed by atoms with van der Waals surface area (Å²) < 4.78 is 5.09. The number of benzene rings is 2. The summed E-state index contributed by atoms with van der Waals surface area (Å²) >= 11 is 0. The quantitative estimate of drug-likeness (QED) is 0.888. The van der Waals surface area contributed by atoms with Crippen LogP contribution in [0, 0.1) is 0 Å². The highest BCUT2D eigenvalue weighted by Gasteiger charge is 2.08. The average Bonchev–Trinajstić information content (AvgIpc) is 2.48. The van der Waals surface area contributed by atoms with Crippen molar-refractivity contribution < 1.29 is 9.53 Å². The molecule has 2 N–H and O–H groups in total. The minimum atomic E-state index is -0.274. The number of methoxy groups -OCH3 is 1. The van der Waals surface area contributed by atoms with E-state index < -0.39 is 0 Å². The normalized spacial score (nSPS) is 10.1. The Labute approximate surface area is 130 Å². The molecule has 2 amide bonds. The predicted octanol–water partition coefficient (Wildman–Crippen LogP) is 3.54. The van der Waals surface area contributed by atoms with Crippen molar-refractivity contribution in [3.63, 3.8) is 0 Å². The molecule has 2 rings (SSSR count). The van der Waals surface area contributed by atoms with E-state index in [0.717, 1.165) is 22.6 Å². The second kappa shape index (κ2) is 7.47. The van der Waals surface area contributed by atoms with Crippen molar-refractivity contribution in [2.24, 2.45) is 0 Å². The molecule has 0 heterocycles. The number of para-hydroxylation sites is 2. The van der Waals surface area contributed by atoms with Crippen LogP contribution in [0.25, 0.3) is 0 Å². The molecule has 0 radical (unpaired) electrons. The summed E-state index contributed by atoms with van der Waals surface area (Å²) in [6.07, 6.45) is 0. The number of carbonyl (C=O) groups is 1. The topological polar surface area (TPSA) is 53.6 Å². The SMILES string of the molecule is COCc1cccc(NC(=O)Nc2ccccc2N(C)C)c1. The van der Waals surface area contributed by atoms with Gasteiger partial charge in [-0.25, -0.2) is 4.79 Å². The van der Waals surface area contributed by atoms with Crippen molar-refractivity contribution >= 4 is 23.1 Å². The number of rotatable bonds is 5. The zero-order chi connectivity index (χ0) is 15.9. The fourth-order valence-electron chi connectivity index (χ4n) is 2.16. The fourth-order valence-corrected chi connectivity index (χ4v) is 2.16. The van der Waals surface area contributed by atoms with Crippen molar-refractivity contribution in [1.82, 2.24) is 0 Å². The van der Waals surface area contributed by atoms with Crippen molar-refractivity contribution in [1.29, 1.82) is 0 Å². The highest BCUT2D eigenvalue weighted by Crippen LogP contribution is 2.23. The second-order valence-corrected chi connectivity index (χ2v) is 5.12. The van der Waals surface area contributed by atoms with Crippen LogP contribution in [-0.4, -0.2) is 27.2 Å². The molecule has 0 unspecified atom stereocenters. The van der Waals surface area contributed by atoms with Crippen LogP contribution >= 0.6 is 0 Å². The van der Waals surface area contributed by atoms with Gasteiger partial charge in [0.2, 0.25) is 0 Å². The Bertz CT molecular complexity index is 641. The first-order valence-electron chi connectivity index (χ1n) is 7.02. The zero-order valence-corrected chi connectivity index (χ0v) is 13.1. The third kappa shape index (κ3) is 4.23. The number of hydrogen-bond acceptors (Lipinski definition) is 3.